The van der Waals surface area contributed by atoms with Crippen LogP contribution in [-0.4, -0.2) is 36.4 Å². The first kappa shape index (κ1) is 18.0. The Balaban J connectivity index is 0.000000295. The summed E-state index contributed by atoms with van der Waals surface area (Å²) in [7, 11) is 0. The molecule has 1 heterocycles. The lowest BCUT2D eigenvalue weighted by atomic mass is 9.93. The van der Waals surface area contributed by atoms with E-state index in [1.807, 2.05) is 12.1 Å². The number of hydrogen-bond acceptors (Lipinski definition) is 4. The molecule has 1 aromatic rings. The molecule has 1 atom stereocenters. The van der Waals surface area contributed by atoms with Crippen molar-refractivity contribution >= 4 is 11.9 Å². The van der Waals surface area contributed by atoms with Crippen LogP contribution in [0.3, 0.4) is 0 Å². The molecule has 122 valence electrons. The number of halogens is 3. The molecule has 2 rings (SSSR count). The highest BCUT2D eigenvalue weighted by molar-refractivity contribution is 5.87. The van der Waals surface area contributed by atoms with E-state index in [2.05, 4.69) is 0 Å². The van der Waals surface area contributed by atoms with Gasteiger partial charge in [0.1, 0.15) is 5.97 Å². The number of carbonyl (C=O) groups excluding carboxylic acids is 1. The smallest absolute Gasteiger partial charge is 0.430 e. The molecule has 0 saturated carbocycles. The van der Waals surface area contributed by atoms with E-state index in [9.17, 15) is 18.0 Å². The van der Waals surface area contributed by atoms with Gasteiger partial charge in [0.05, 0.1) is 12.2 Å². The summed E-state index contributed by atoms with van der Waals surface area (Å²) in [6.45, 7) is 1.61. The Bertz CT molecular complexity index is 504. The molecule has 1 N–H and O–H groups in total. The average Bonchev–Trinajstić information content (AvgIpc) is 2.48. The summed E-state index contributed by atoms with van der Waals surface area (Å²) in [4.78, 5) is 19.4. The molecular formula is C14H14F3O5-. The zero-order valence-corrected chi connectivity index (χ0v) is 11.4. The number of hydrogen-bond donors (Lipinski definition) is 1. The highest BCUT2D eigenvalue weighted by Gasteiger charge is 2.28. The molecule has 5 nitrogen and oxygen atoms in total. The summed E-state index contributed by atoms with van der Waals surface area (Å²) in [5.41, 5.74) is 1.52. The van der Waals surface area contributed by atoms with E-state index >= 15 is 0 Å². The van der Waals surface area contributed by atoms with Crippen LogP contribution in [0, 0.1) is 0 Å². The minimum absolute atomic E-state index is 0.343. The molecule has 0 spiro atoms. The van der Waals surface area contributed by atoms with Gasteiger partial charge >= 0.3 is 12.1 Å². The normalized spacial score (nSPS) is 18.0. The molecule has 1 aliphatic rings. The molecule has 1 saturated heterocycles. The summed E-state index contributed by atoms with van der Waals surface area (Å²) >= 11 is 0. The van der Waals surface area contributed by atoms with Gasteiger partial charge in [0.2, 0.25) is 0 Å². The summed E-state index contributed by atoms with van der Waals surface area (Å²) in [6, 6.07) is 7.10. The Morgan fingerprint density at radius 3 is 2.14 bits per heavy atom. The lowest BCUT2D eigenvalue weighted by Crippen LogP contribution is -2.37. The molecule has 0 bridgehead atoms. The van der Waals surface area contributed by atoms with Crippen LogP contribution >= 0.6 is 0 Å². The van der Waals surface area contributed by atoms with Gasteiger partial charge < -0.3 is 19.7 Å². The largest absolute Gasteiger partial charge is 0.542 e. The highest BCUT2D eigenvalue weighted by Crippen LogP contribution is 2.25. The molecular weight excluding hydrogens is 305 g/mol. The topological polar surface area (TPSA) is 86.7 Å². The van der Waals surface area contributed by atoms with Crippen molar-refractivity contribution in [2.24, 2.45) is 0 Å². The van der Waals surface area contributed by atoms with Crippen LogP contribution in [0.1, 0.15) is 34.7 Å². The zero-order valence-electron chi connectivity index (χ0n) is 11.4. The minimum atomic E-state index is -5.19. The van der Waals surface area contributed by atoms with Gasteiger partial charge in [-0.05, 0) is 30.5 Å². The monoisotopic (exact) mass is 319 g/mol. The summed E-state index contributed by atoms with van der Waals surface area (Å²) in [6.07, 6.45) is -2.97. The molecule has 22 heavy (non-hydrogen) atoms. The van der Waals surface area contributed by atoms with Gasteiger partial charge in [0, 0.05) is 12.5 Å². The van der Waals surface area contributed by atoms with E-state index in [0.29, 0.717) is 11.5 Å². The van der Waals surface area contributed by atoms with Gasteiger partial charge in [-0.1, -0.05) is 12.1 Å². The number of carboxylic acids is 2. The number of ether oxygens (including phenoxy) is 1. The third-order valence-electron chi connectivity index (χ3n) is 3.02. The van der Waals surface area contributed by atoms with Crippen LogP contribution < -0.4 is 5.11 Å². The van der Waals surface area contributed by atoms with Crippen LogP contribution in [0.15, 0.2) is 24.3 Å². The molecule has 8 heteroatoms. The van der Waals surface area contributed by atoms with Crippen molar-refractivity contribution in [1.29, 1.82) is 0 Å². The fraction of sp³-hybridized carbons (Fsp3) is 0.429. The molecule has 0 amide bonds. The van der Waals surface area contributed by atoms with Crippen LogP contribution in [-0.2, 0) is 9.53 Å². The van der Waals surface area contributed by atoms with Crippen molar-refractivity contribution in [3.8, 4) is 0 Å². The van der Waals surface area contributed by atoms with Gasteiger partial charge in [-0.25, -0.2) is 4.79 Å². The van der Waals surface area contributed by atoms with Crippen LogP contribution in [0.2, 0.25) is 0 Å². The van der Waals surface area contributed by atoms with E-state index in [1.54, 1.807) is 12.1 Å². The standard InChI is InChI=1S/C12H14O3.C2HF3O2/c13-12(14)10-5-3-9(4-6-10)11-2-1-7-15-8-11;3-2(4,5)1(6)7/h3-6,11H,1-2,7-8H2,(H,13,14);(H,6,7)/p-1. The van der Waals surface area contributed by atoms with Crippen LogP contribution in [0.5, 0.6) is 0 Å². The van der Waals surface area contributed by atoms with Crippen LogP contribution in [0.4, 0.5) is 13.2 Å². The fourth-order valence-electron chi connectivity index (χ4n) is 1.90. The fourth-order valence-corrected chi connectivity index (χ4v) is 1.90. The first-order chi connectivity index (χ1) is 10.2. The molecule has 0 aromatic heterocycles. The summed E-state index contributed by atoms with van der Waals surface area (Å²) in [5.74, 6) is -3.45. The number of aromatic carboxylic acids is 1. The number of carbonyl (C=O) groups is 2. The first-order valence-electron chi connectivity index (χ1n) is 6.41. The number of carboxylic acid groups (broad SMARTS) is 2. The van der Waals surface area contributed by atoms with Gasteiger partial charge in [-0.15, -0.1) is 0 Å². The molecule has 0 aliphatic carbocycles. The molecule has 1 unspecified atom stereocenters. The van der Waals surface area contributed by atoms with Crippen LogP contribution in [0.25, 0.3) is 0 Å². The van der Waals surface area contributed by atoms with Gasteiger partial charge in [0.15, 0.2) is 0 Å². The second-order valence-corrected chi connectivity index (χ2v) is 4.63. The molecule has 1 aliphatic heterocycles. The van der Waals surface area contributed by atoms with E-state index in [1.165, 1.54) is 5.56 Å². The molecule has 1 fully saturated rings. The Morgan fingerprint density at radius 2 is 1.77 bits per heavy atom. The Labute approximate surface area is 124 Å². The van der Waals surface area contributed by atoms with Gasteiger partial charge in [-0.3, -0.25) is 0 Å². The van der Waals surface area contributed by atoms with Crippen molar-refractivity contribution in [3.05, 3.63) is 35.4 Å². The molecule has 1 aromatic carbocycles. The van der Waals surface area contributed by atoms with Crippen molar-refractivity contribution in [2.45, 2.75) is 24.9 Å². The third-order valence-corrected chi connectivity index (χ3v) is 3.02. The number of benzene rings is 1. The van der Waals surface area contributed by atoms with Crippen molar-refractivity contribution < 1.29 is 37.7 Å². The predicted molar refractivity (Wildman–Crippen MR) is 67.3 cm³/mol. The third kappa shape index (κ3) is 5.72. The molecule has 0 radical (unpaired) electrons. The first-order valence-corrected chi connectivity index (χ1v) is 6.41. The lowest BCUT2D eigenvalue weighted by Gasteiger charge is -2.22. The lowest BCUT2D eigenvalue weighted by molar-refractivity contribution is -0.344. The van der Waals surface area contributed by atoms with Gasteiger partial charge in [-0.2, -0.15) is 13.2 Å². The predicted octanol–water partition coefficient (Wildman–Crippen LogP) is 1.58. The van der Waals surface area contributed by atoms with Crippen molar-refractivity contribution in [3.63, 3.8) is 0 Å². The maximum absolute atomic E-state index is 10.7. The van der Waals surface area contributed by atoms with Crippen molar-refractivity contribution in [1.82, 2.24) is 0 Å². The summed E-state index contributed by atoms with van der Waals surface area (Å²) < 4.78 is 36.9. The number of alkyl halides is 3. The van der Waals surface area contributed by atoms with E-state index in [4.69, 9.17) is 19.7 Å². The average molecular weight is 319 g/mol. The number of aliphatic carboxylic acids is 1. The van der Waals surface area contributed by atoms with Crippen molar-refractivity contribution in [2.75, 3.05) is 13.2 Å². The Kier molecular flexibility index (Phi) is 6.36. The Morgan fingerprint density at radius 1 is 1.23 bits per heavy atom. The van der Waals surface area contributed by atoms with E-state index in [-0.39, 0.29) is 0 Å². The minimum Gasteiger partial charge on any atom is -0.542 e. The second-order valence-electron chi connectivity index (χ2n) is 4.63. The maximum Gasteiger partial charge on any atom is 0.430 e. The van der Waals surface area contributed by atoms with E-state index < -0.39 is 18.1 Å². The number of rotatable bonds is 2. The summed E-state index contributed by atoms with van der Waals surface area (Å²) in [5, 5.41) is 17.5. The highest BCUT2D eigenvalue weighted by atomic mass is 19.4. The quantitative estimate of drug-likeness (QED) is 0.894. The second kappa shape index (κ2) is 7.79. The zero-order chi connectivity index (χ0) is 16.8. The van der Waals surface area contributed by atoms with E-state index in [0.717, 1.165) is 26.1 Å². The Hall–Kier alpha value is -2.09. The maximum atomic E-state index is 10.7. The van der Waals surface area contributed by atoms with Gasteiger partial charge in [0.25, 0.3) is 0 Å². The SMILES string of the molecule is O=C(O)c1ccc(C2CCCOC2)cc1.O=C([O-])C(F)(F)F.